The van der Waals surface area contributed by atoms with Crippen LogP contribution in [-0.2, 0) is 17.1 Å². The van der Waals surface area contributed by atoms with Crippen molar-refractivity contribution in [1.29, 1.82) is 0 Å². The molecular formula is C11H16N6O2S2. The van der Waals surface area contributed by atoms with Crippen molar-refractivity contribution < 1.29 is 8.42 Å². The minimum absolute atomic E-state index is 0.0574. The van der Waals surface area contributed by atoms with Crippen molar-refractivity contribution in [3.05, 3.63) is 18.6 Å². The van der Waals surface area contributed by atoms with Crippen molar-refractivity contribution in [2.75, 3.05) is 18.0 Å². The number of rotatable bonds is 4. The van der Waals surface area contributed by atoms with Crippen LogP contribution in [0.2, 0.25) is 0 Å². The lowest BCUT2D eigenvalue weighted by atomic mass is 10.1. The van der Waals surface area contributed by atoms with E-state index < -0.39 is 10.0 Å². The van der Waals surface area contributed by atoms with E-state index in [2.05, 4.69) is 23.5 Å². The molecule has 10 heteroatoms. The van der Waals surface area contributed by atoms with Crippen LogP contribution in [0.3, 0.4) is 0 Å². The van der Waals surface area contributed by atoms with E-state index in [-0.39, 0.29) is 10.9 Å². The minimum atomic E-state index is -3.49. The van der Waals surface area contributed by atoms with E-state index in [0.29, 0.717) is 0 Å². The Morgan fingerprint density at radius 3 is 2.67 bits per heavy atom. The van der Waals surface area contributed by atoms with E-state index in [1.54, 1.807) is 13.2 Å². The van der Waals surface area contributed by atoms with E-state index >= 15 is 0 Å². The van der Waals surface area contributed by atoms with Gasteiger partial charge in [-0.1, -0.05) is 0 Å². The van der Waals surface area contributed by atoms with Gasteiger partial charge < -0.3 is 4.90 Å². The van der Waals surface area contributed by atoms with Crippen LogP contribution in [0, 0.1) is 0 Å². The van der Waals surface area contributed by atoms with Gasteiger partial charge in [0.1, 0.15) is 4.90 Å². The molecule has 2 aromatic heterocycles. The Balaban J connectivity index is 1.60. The highest BCUT2D eigenvalue weighted by Gasteiger charge is 2.26. The Morgan fingerprint density at radius 2 is 2.10 bits per heavy atom. The summed E-state index contributed by atoms with van der Waals surface area (Å²) in [5.74, 6) is 0.869. The lowest BCUT2D eigenvalue weighted by Crippen LogP contribution is -2.44. The fraction of sp³-hybridized carbons (Fsp3) is 0.545. The summed E-state index contributed by atoms with van der Waals surface area (Å²) in [6.07, 6.45) is 6.09. The average Bonchev–Trinajstić information content (AvgIpc) is 3.10. The van der Waals surface area contributed by atoms with Crippen molar-refractivity contribution in [3.8, 4) is 0 Å². The Morgan fingerprint density at radius 1 is 1.33 bits per heavy atom. The Kier molecular flexibility index (Phi) is 3.91. The topological polar surface area (TPSA) is 93.0 Å². The second-order valence-electron chi connectivity index (χ2n) is 5.00. The largest absolute Gasteiger partial charge is 0.354 e. The molecule has 0 aliphatic carbocycles. The van der Waals surface area contributed by atoms with E-state index in [9.17, 15) is 8.42 Å². The van der Waals surface area contributed by atoms with Crippen LogP contribution < -0.4 is 9.62 Å². The SMILES string of the molecule is Cn1cc(S(=O)(=O)NC2CCN(c3cnsn3)CC2)cn1. The first kappa shape index (κ1) is 14.4. The molecule has 0 radical (unpaired) electrons. The zero-order valence-corrected chi connectivity index (χ0v) is 13.1. The molecule has 1 aliphatic rings. The Bertz CT molecular complexity index is 688. The average molecular weight is 328 g/mol. The third kappa shape index (κ3) is 3.22. The molecule has 1 saturated heterocycles. The van der Waals surface area contributed by atoms with E-state index in [0.717, 1.165) is 31.7 Å². The van der Waals surface area contributed by atoms with Gasteiger partial charge in [-0.2, -0.15) is 13.8 Å². The molecule has 114 valence electrons. The first-order valence-corrected chi connectivity index (χ1v) is 8.79. The second-order valence-corrected chi connectivity index (χ2v) is 7.27. The standard InChI is InChI=1S/C11H16N6O2S2/c1-16-8-10(6-12-16)21(18,19)15-9-2-4-17(5-3-9)11-7-13-20-14-11/h6-9,15H,2-5H2,1H3. The second kappa shape index (κ2) is 5.70. The molecule has 0 unspecified atom stereocenters. The third-order valence-electron chi connectivity index (χ3n) is 3.48. The van der Waals surface area contributed by atoms with Crippen LogP contribution in [0.25, 0.3) is 0 Å². The molecule has 0 bridgehead atoms. The number of aryl methyl sites for hydroxylation is 1. The number of piperidine rings is 1. The molecule has 1 fully saturated rings. The van der Waals surface area contributed by atoms with Gasteiger partial charge in [0.15, 0.2) is 5.82 Å². The van der Waals surface area contributed by atoms with Gasteiger partial charge in [0, 0.05) is 32.4 Å². The number of aromatic nitrogens is 4. The van der Waals surface area contributed by atoms with Gasteiger partial charge in [-0.3, -0.25) is 4.68 Å². The Hall–Kier alpha value is -1.52. The highest BCUT2D eigenvalue weighted by atomic mass is 32.2. The van der Waals surface area contributed by atoms with Crippen LogP contribution in [0.4, 0.5) is 5.82 Å². The third-order valence-corrected chi connectivity index (χ3v) is 5.43. The van der Waals surface area contributed by atoms with E-state index in [1.807, 2.05) is 0 Å². The monoisotopic (exact) mass is 328 g/mol. The number of nitrogens with one attached hydrogen (secondary N) is 1. The highest BCUT2D eigenvalue weighted by molar-refractivity contribution is 7.89. The summed E-state index contributed by atoms with van der Waals surface area (Å²) in [6, 6.07) is -0.0574. The van der Waals surface area contributed by atoms with Crippen molar-refractivity contribution >= 4 is 27.6 Å². The summed E-state index contributed by atoms with van der Waals surface area (Å²) in [4.78, 5) is 2.33. The predicted octanol–water partition coefficient (Wildman–Crippen LogP) is 0.219. The van der Waals surface area contributed by atoms with Crippen molar-refractivity contribution in [2.24, 2.45) is 7.05 Å². The number of anilines is 1. The molecule has 3 heterocycles. The van der Waals surface area contributed by atoms with E-state index in [4.69, 9.17) is 0 Å². The number of sulfonamides is 1. The summed E-state index contributed by atoms with van der Waals surface area (Å²) in [6.45, 7) is 1.54. The van der Waals surface area contributed by atoms with Gasteiger partial charge in [0.2, 0.25) is 10.0 Å². The van der Waals surface area contributed by atoms with Crippen molar-refractivity contribution in [3.63, 3.8) is 0 Å². The first-order valence-electron chi connectivity index (χ1n) is 6.58. The van der Waals surface area contributed by atoms with Crippen LogP contribution >= 0.6 is 11.7 Å². The zero-order valence-electron chi connectivity index (χ0n) is 11.5. The molecule has 0 atom stereocenters. The zero-order chi connectivity index (χ0) is 14.9. The molecule has 0 saturated carbocycles. The number of hydrogen-bond donors (Lipinski definition) is 1. The molecule has 21 heavy (non-hydrogen) atoms. The van der Waals surface area contributed by atoms with E-state index in [1.165, 1.54) is 28.8 Å². The molecular weight excluding hydrogens is 312 g/mol. The van der Waals surface area contributed by atoms with Gasteiger partial charge in [0.25, 0.3) is 0 Å². The van der Waals surface area contributed by atoms with Gasteiger partial charge in [0.05, 0.1) is 24.1 Å². The van der Waals surface area contributed by atoms with Gasteiger partial charge >= 0.3 is 0 Å². The van der Waals surface area contributed by atoms with Crippen LogP contribution in [-0.4, -0.2) is 46.1 Å². The summed E-state index contributed by atoms with van der Waals surface area (Å²) in [5, 5.41) is 3.90. The predicted molar refractivity (Wildman–Crippen MR) is 78.7 cm³/mol. The smallest absolute Gasteiger partial charge is 0.243 e. The highest BCUT2D eigenvalue weighted by Crippen LogP contribution is 2.19. The maximum atomic E-state index is 12.2. The quantitative estimate of drug-likeness (QED) is 0.863. The van der Waals surface area contributed by atoms with Gasteiger partial charge in [-0.25, -0.2) is 13.1 Å². The van der Waals surface area contributed by atoms with Gasteiger partial charge in [-0.15, -0.1) is 0 Å². The van der Waals surface area contributed by atoms with Crippen molar-refractivity contribution in [2.45, 2.75) is 23.8 Å². The summed E-state index contributed by atoms with van der Waals surface area (Å²) < 4.78 is 36.9. The molecule has 0 spiro atoms. The molecule has 2 aromatic rings. The molecule has 8 nitrogen and oxygen atoms in total. The first-order chi connectivity index (χ1) is 10.0. The summed E-state index contributed by atoms with van der Waals surface area (Å²) in [7, 11) is -1.79. The lowest BCUT2D eigenvalue weighted by Gasteiger charge is -2.31. The number of nitrogens with zero attached hydrogens (tertiary/aromatic N) is 5. The number of hydrogen-bond acceptors (Lipinski definition) is 7. The van der Waals surface area contributed by atoms with Gasteiger partial charge in [-0.05, 0) is 12.8 Å². The molecule has 3 rings (SSSR count). The minimum Gasteiger partial charge on any atom is -0.354 e. The maximum absolute atomic E-state index is 12.2. The molecule has 1 N–H and O–H groups in total. The molecule has 0 amide bonds. The van der Waals surface area contributed by atoms with Crippen LogP contribution in [0.5, 0.6) is 0 Å². The molecule has 0 aromatic carbocycles. The van der Waals surface area contributed by atoms with Crippen LogP contribution in [0.15, 0.2) is 23.5 Å². The molecule has 1 aliphatic heterocycles. The maximum Gasteiger partial charge on any atom is 0.243 e. The summed E-state index contributed by atoms with van der Waals surface area (Å²) in [5.41, 5.74) is 0. The Labute approximate surface area is 127 Å². The van der Waals surface area contributed by atoms with Crippen LogP contribution in [0.1, 0.15) is 12.8 Å². The normalized spacial score (nSPS) is 17.3. The summed E-state index contributed by atoms with van der Waals surface area (Å²) >= 11 is 1.18. The lowest BCUT2D eigenvalue weighted by molar-refractivity contribution is 0.459. The fourth-order valence-electron chi connectivity index (χ4n) is 2.35. The fourth-order valence-corrected chi connectivity index (χ4v) is 4.07. The van der Waals surface area contributed by atoms with Crippen molar-refractivity contribution in [1.82, 2.24) is 23.2 Å².